The summed E-state index contributed by atoms with van der Waals surface area (Å²) in [6.07, 6.45) is 3.28. The molecule has 3 aromatic rings. The van der Waals surface area contributed by atoms with Crippen LogP contribution in [0.2, 0.25) is 0 Å². The fourth-order valence-corrected chi connectivity index (χ4v) is 5.15. The van der Waals surface area contributed by atoms with Crippen LogP contribution in [-0.2, 0) is 11.2 Å². The third-order valence-corrected chi connectivity index (χ3v) is 7.15. The molecular formula is C28H32F2N2O3. The van der Waals surface area contributed by atoms with Gasteiger partial charge in [0, 0.05) is 18.1 Å². The smallest absolute Gasteiger partial charge is 0.308 e. The van der Waals surface area contributed by atoms with Crippen molar-refractivity contribution in [3.05, 3.63) is 71.7 Å². The van der Waals surface area contributed by atoms with Crippen molar-refractivity contribution in [3.8, 4) is 5.75 Å². The highest BCUT2D eigenvalue weighted by Gasteiger charge is 2.34. The number of pyridine rings is 1. The number of nitrogens with zero attached hydrogens (tertiary/aromatic N) is 2. The molecule has 1 aliphatic heterocycles. The second-order valence-corrected chi connectivity index (χ2v) is 9.32. The van der Waals surface area contributed by atoms with Gasteiger partial charge in [-0.05, 0) is 92.6 Å². The summed E-state index contributed by atoms with van der Waals surface area (Å²) in [6.45, 7) is 1.95. The summed E-state index contributed by atoms with van der Waals surface area (Å²) in [5.74, 6) is -0.985. The summed E-state index contributed by atoms with van der Waals surface area (Å²) in [5, 5.41) is 10.6. The predicted octanol–water partition coefficient (Wildman–Crippen LogP) is 5.83. The van der Waals surface area contributed by atoms with Crippen molar-refractivity contribution >= 4 is 16.9 Å². The van der Waals surface area contributed by atoms with E-state index in [-0.39, 0.29) is 18.2 Å². The molecule has 7 heteroatoms. The van der Waals surface area contributed by atoms with E-state index in [1.54, 1.807) is 43.6 Å². The summed E-state index contributed by atoms with van der Waals surface area (Å²) in [7, 11) is 1.57. The third-order valence-electron chi connectivity index (χ3n) is 7.15. The van der Waals surface area contributed by atoms with Crippen LogP contribution in [0.3, 0.4) is 0 Å². The zero-order valence-electron chi connectivity index (χ0n) is 20.0. The SMILES string of the molecule is COc1ccc2nccc(C(F)CC[C@@H]3CCN(CCCc4ccccc4F)C[C@@H]3C(=O)O)c2c1. The van der Waals surface area contributed by atoms with Crippen molar-refractivity contribution in [1.82, 2.24) is 9.88 Å². The molecule has 0 radical (unpaired) electrons. The maximum absolute atomic E-state index is 15.4. The third kappa shape index (κ3) is 6.14. The maximum atomic E-state index is 15.4. The first-order chi connectivity index (χ1) is 17.0. The van der Waals surface area contributed by atoms with Crippen LogP contribution >= 0.6 is 0 Å². The average molecular weight is 483 g/mol. The second-order valence-electron chi connectivity index (χ2n) is 9.32. The van der Waals surface area contributed by atoms with Gasteiger partial charge in [0.2, 0.25) is 0 Å². The number of likely N-dealkylation sites (tertiary alicyclic amines) is 1. The van der Waals surface area contributed by atoms with Gasteiger partial charge in [-0.3, -0.25) is 9.78 Å². The first kappa shape index (κ1) is 25.0. The van der Waals surface area contributed by atoms with E-state index in [2.05, 4.69) is 9.88 Å². The molecule has 0 saturated carbocycles. The molecule has 1 aromatic heterocycles. The van der Waals surface area contributed by atoms with Crippen molar-refractivity contribution in [2.75, 3.05) is 26.7 Å². The van der Waals surface area contributed by atoms with Gasteiger partial charge in [-0.2, -0.15) is 0 Å². The molecule has 35 heavy (non-hydrogen) atoms. The lowest BCUT2D eigenvalue weighted by molar-refractivity contribution is -0.146. The Hall–Kier alpha value is -3.06. The molecule has 1 unspecified atom stereocenters. The highest BCUT2D eigenvalue weighted by atomic mass is 19.1. The fraction of sp³-hybridized carbons (Fsp3) is 0.429. The summed E-state index contributed by atoms with van der Waals surface area (Å²) in [5.41, 5.74) is 1.96. The zero-order valence-corrected chi connectivity index (χ0v) is 20.0. The number of fused-ring (bicyclic) bond motifs is 1. The number of carboxylic acid groups (broad SMARTS) is 1. The van der Waals surface area contributed by atoms with Gasteiger partial charge in [0.15, 0.2) is 0 Å². The Balaban J connectivity index is 1.34. The van der Waals surface area contributed by atoms with Gasteiger partial charge in [-0.15, -0.1) is 0 Å². The molecule has 0 spiro atoms. The van der Waals surface area contributed by atoms with Crippen LogP contribution < -0.4 is 4.74 Å². The summed E-state index contributed by atoms with van der Waals surface area (Å²) < 4.78 is 34.5. The van der Waals surface area contributed by atoms with Crippen molar-refractivity contribution in [1.29, 1.82) is 0 Å². The van der Waals surface area contributed by atoms with Gasteiger partial charge in [-0.1, -0.05) is 18.2 Å². The molecule has 0 bridgehead atoms. The molecule has 5 nitrogen and oxygen atoms in total. The summed E-state index contributed by atoms with van der Waals surface area (Å²) in [4.78, 5) is 18.5. The van der Waals surface area contributed by atoms with Crippen LogP contribution in [0.15, 0.2) is 54.7 Å². The molecule has 1 aliphatic rings. The number of carbonyl (C=O) groups is 1. The van der Waals surface area contributed by atoms with Crippen LogP contribution in [0.1, 0.15) is 43.0 Å². The maximum Gasteiger partial charge on any atom is 0.308 e. The Bertz CT molecular complexity index is 1160. The van der Waals surface area contributed by atoms with Gasteiger partial charge in [0.1, 0.15) is 17.7 Å². The standard InChI is InChI=1S/C28H32F2N2O3/c1-35-21-9-11-27-23(17-21)22(12-14-31-27)26(30)10-8-19-13-16-32(18-24(19)28(33)34)15-4-6-20-5-2-3-7-25(20)29/h2-3,5,7,9,11-12,14,17,19,24,26H,4,6,8,10,13,15-16,18H2,1H3,(H,33,34)/t19-,24+,26?/m1/s1. The van der Waals surface area contributed by atoms with Crippen molar-refractivity contribution in [2.45, 2.75) is 38.3 Å². The van der Waals surface area contributed by atoms with E-state index in [9.17, 15) is 14.3 Å². The molecule has 0 amide bonds. The Morgan fingerprint density at radius 3 is 2.86 bits per heavy atom. The largest absolute Gasteiger partial charge is 0.497 e. The number of rotatable bonds is 10. The molecule has 2 aromatic carbocycles. The van der Waals surface area contributed by atoms with Crippen LogP contribution in [0.5, 0.6) is 5.75 Å². The first-order valence-electron chi connectivity index (χ1n) is 12.2. The van der Waals surface area contributed by atoms with E-state index in [4.69, 9.17) is 4.74 Å². The van der Waals surface area contributed by atoms with Crippen molar-refractivity contribution in [2.24, 2.45) is 11.8 Å². The number of halogens is 2. The van der Waals surface area contributed by atoms with E-state index in [0.717, 1.165) is 24.9 Å². The fourth-order valence-electron chi connectivity index (χ4n) is 5.15. The number of hydrogen-bond acceptors (Lipinski definition) is 4. The topological polar surface area (TPSA) is 62.7 Å². The van der Waals surface area contributed by atoms with Gasteiger partial charge in [0.05, 0.1) is 18.5 Å². The van der Waals surface area contributed by atoms with Crippen molar-refractivity contribution < 1.29 is 23.4 Å². The zero-order chi connectivity index (χ0) is 24.8. The highest BCUT2D eigenvalue weighted by Crippen LogP contribution is 2.35. The summed E-state index contributed by atoms with van der Waals surface area (Å²) >= 11 is 0. The number of carboxylic acids is 1. The Labute approximate surface area is 204 Å². The minimum atomic E-state index is -1.21. The summed E-state index contributed by atoms with van der Waals surface area (Å²) in [6, 6.07) is 13.9. The monoisotopic (exact) mass is 482 g/mol. The number of hydrogen-bond donors (Lipinski definition) is 1. The van der Waals surface area contributed by atoms with Gasteiger partial charge in [0.25, 0.3) is 0 Å². The van der Waals surface area contributed by atoms with E-state index >= 15 is 4.39 Å². The van der Waals surface area contributed by atoms with Crippen LogP contribution in [0.25, 0.3) is 10.9 Å². The van der Waals surface area contributed by atoms with E-state index in [1.807, 2.05) is 12.1 Å². The predicted molar refractivity (Wildman–Crippen MR) is 132 cm³/mol. The van der Waals surface area contributed by atoms with E-state index in [1.165, 1.54) is 6.07 Å². The van der Waals surface area contributed by atoms with Gasteiger partial charge in [-0.25, -0.2) is 8.78 Å². The van der Waals surface area contributed by atoms with Gasteiger partial charge < -0.3 is 14.7 Å². The quantitative estimate of drug-likeness (QED) is 0.394. The van der Waals surface area contributed by atoms with E-state index < -0.39 is 18.1 Å². The number of ether oxygens (including phenoxy) is 1. The number of aromatic nitrogens is 1. The number of benzene rings is 2. The van der Waals surface area contributed by atoms with Crippen LogP contribution in [0, 0.1) is 17.7 Å². The Morgan fingerprint density at radius 2 is 2.09 bits per heavy atom. The molecule has 1 N–H and O–H groups in total. The molecule has 186 valence electrons. The van der Waals surface area contributed by atoms with Gasteiger partial charge >= 0.3 is 5.97 Å². The van der Waals surface area contributed by atoms with Crippen LogP contribution in [-0.4, -0.2) is 47.7 Å². The molecule has 3 atom stereocenters. The molecular weight excluding hydrogens is 450 g/mol. The number of aliphatic carboxylic acids is 1. The molecule has 1 saturated heterocycles. The number of alkyl halides is 1. The Kier molecular flexibility index (Phi) is 8.29. The number of methoxy groups -OCH3 is 1. The first-order valence-corrected chi connectivity index (χ1v) is 12.2. The second kappa shape index (κ2) is 11.6. The minimum Gasteiger partial charge on any atom is -0.497 e. The molecule has 2 heterocycles. The lowest BCUT2D eigenvalue weighted by Crippen LogP contribution is -2.44. The number of piperidine rings is 1. The number of aryl methyl sites for hydroxylation is 1. The average Bonchev–Trinajstić information content (AvgIpc) is 2.88. The van der Waals surface area contributed by atoms with Crippen molar-refractivity contribution in [3.63, 3.8) is 0 Å². The van der Waals surface area contributed by atoms with E-state index in [0.29, 0.717) is 48.2 Å². The normalized spacial score (nSPS) is 19.5. The lowest BCUT2D eigenvalue weighted by Gasteiger charge is -2.37. The minimum absolute atomic E-state index is 0.0730. The lowest BCUT2D eigenvalue weighted by atomic mass is 9.81. The molecule has 4 rings (SSSR count). The molecule has 1 fully saturated rings. The highest BCUT2D eigenvalue weighted by molar-refractivity contribution is 5.83. The Morgan fingerprint density at radius 1 is 1.26 bits per heavy atom. The molecule has 0 aliphatic carbocycles. The van der Waals surface area contributed by atoms with Crippen LogP contribution in [0.4, 0.5) is 8.78 Å².